The Morgan fingerprint density at radius 3 is 2.65 bits per heavy atom. The third-order valence-electron chi connectivity index (χ3n) is 3.40. The maximum atomic E-state index is 12.0. The highest BCUT2D eigenvalue weighted by molar-refractivity contribution is 5.85. The summed E-state index contributed by atoms with van der Waals surface area (Å²) < 4.78 is 5.41. The van der Waals surface area contributed by atoms with Crippen LogP contribution in [-0.4, -0.2) is 12.4 Å². The lowest BCUT2D eigenvalue weighted by Gasteiger charge is -2.13. The van der Waals surface area contributed by atoms with Crippen LogP contribution in [0.5, 0.6) is 5.75 Å². The van der Waals surface area contributed by atoms with Crippen molar-refractivity contribution in [2.24, 2.45) is 0 Å². The quantitative estimate of drug-likeness (QED) is 0.743. The molecule has 0 amide bonds. The number of hydrogen-bond donors (Lipinski definition) is 0. The molecule has 0 radical (unpaired) electrons. The van der Waals surface area contributed by atoms with Crippen molar-refractivity contribution in [3.63, 3.8) is 0 Å². The second kappa shape index (κ2) is 5.85. The second-order valence-electron chi connectivity index (χ2n) is 4.62. The largest absolute Gasteiger partial charge is 0.494 e. The van der Waals surface area contributed by atoms with Gasteiger partial charge < -0.3 is 4.74 Å². The summed E-state index contributed by atoms with van der Waals surface area (Å²) in [5.74, 6) is 1.41. The van der Waals surface area contributed by atoms with Crippen molar-refractivity contribution < 1.29 is 9.53 Å². The lowest BCUT2D eigenvalue weighted by atomic mass is 9.91. The van der Waals surface area contributed by atoms with Gasteiger partial charge in [-0.2, -0.15) is 0 Å². The van der Waals surface area contributed by atoms with Crippen LogP contribution in [0.4, 0.5) is 0 Å². The summed E-state index contributed by atoms with van der Waals surface area (Å²) >= 11 is 0. The highest BCUT2D eigenvalue weighted by Crippen LogP contribution is 2.29. The van der Waals surface area contributed by atoms with E-state index >= 15 is 0 Å². The number of ketones is 1. The average Bonchev–Trinajstić information content (AvgIpc) is 2.56. The molecule has 2 rings (SSSR count). The van der Waals surface area contributed by atoms with E-state index in [4.69, 9.17) is 4.74 Å². The lowest BCUT2D eigenvalue weighted by molar-refractivity contribution is -0.120. The molecule has 2 heteroatoms. The third-order valence-corrected chi connectivity index (χ3v) is 3.40. The van der Waals surface area contributed by atoms with Crippen LogP contribution in [0.25, 0.3) is 0 Å². The summed E-state index contributed by atoms with van der Waals surface area (Å²) in [6.45, 7) is 2.66. The molecule has 1 saturated carbocycles. The number of Topliss-reactive ketones (excluding diaryl/α,β-unsaturated/α-hetero) is 1. The zero-order chi connectivity index (χ0) is 12.1. The first-order valence-electron chi connectivity index (χ1n) is 6.56. The Hall–Kier alpha value is -1.31. The van der Waals surface area contributed by atoms with Crippen LogP contribution in [0, 0.1) is 0 Å². The van der Waals surface area contributed by atoms with Gasteiger partial charge in [-0.3, -0.25) is 4.79 Å². The fourth-order valence-corrected chi connectivity index (χ4v) is 2.48. The van der Waals surface area contributed by atoms with E-state index in [2.05, 4.69) is 0 Å². The Kier molecular flexibility index (Phi) is 4.18. The zero-order valence-electron chi connectivity index (χ0n) is 10.4. The Bertz CT molecular complexity index is 367. The van der Waals surface area contributed by atoms with Gasteiger partial charge >= 0.3 is 0 Å². The number of ether oxygens (including phenoxy) is 1. The minimum Gasteiger partial charge on any atom is -0.494 e. The van der Waals surface area contributed by atoms with Crippen LogP contribution in [0.2, 0.25) is 0 Å². The summed E-state index contributed by atoms with van der Waals surface area (Å²) in [5.41, 5.74) is 1.15. The Labute approximate surface area is 103 Å². The molecule has 0 spiro atoms. The molecule has 2 nitrogen and oxygen atoms in total. The molecule has 1 atom stereocenters. The molecular formula is C15H20O2. The maximum absolute atomic E-state index is 12.0. The monoisotopic (exact) mass is 232 g/mol. The van der Waals surface area contributed by atoms with Crippen molar-refractivity contribution in [1.29, 1.82) is 0 Å². The highest BCUT2D eigenvalue weighted by Gasteiger charge is 2.22. The van der Waals surface area contributed by atoms with E-state index < -0.39 is 0 Å². The van der Waals surface area contributed by atoms with E-state index in [-0.39, 0.29) is 5.92 Å². The average molecular weight is 232 g/mol. The summed E-state index contributed by atoms with van der Waals surface area (Å²) in [5, 5.41) is 0. The smallest absolute Gasteiger partial charge is 0.140 e. The summed E-state index contributed by atoms with van der Waals surface area (Å²) in [4.78, 5) is 12.0. The van der Waals surface area contributed by atoms with Crippen LogP contribution in [0.15, 0.2) is 24.3 Å². The standard InChI is InChI=1S/C15H20O2/c1-2-17-13-10-8-12(9-11-13)14-6-4-3-5-7-15(14)16/h8-11,14H,2-7H2,1H3. The first-order valence-corrected chi connectivity index (χ1v) is 6.56. The molecule has 1 aliphatic carbocycles. The SMILES string of the molecule is CCOc1ccc(C2CCCCCC2=O)cc1. The van der Waals surface area contributed by atoms with Crippen molar-refractivity contribution in [1.82, 2.24) is 0 Å². The minimum absolute atomic E-state index is 0.119. The predicted molar refractivity (Wildman–Crippen MR) is 68.4 cm³/mol. The van der Waals surface area contributed by atoms with Gasteiger partial charge in [0.2, 0.25) is 0 Å². The van der Waals surface area contributed by atoms with E-state index in [1.165, 1.54) is 12.8 Å². The minimum atomic E-state index is 0.119. The van der Waals surface area contributed by atoms with Gasteiger partial charge in [-0.15, -0.1) is 0 Å². The predicted octanol–water partition coefficient (Wildman–Crippen LogP) is 3.70. The van der Waals surface area contributed by atoms with Crippen molar-refractivity contribution in [2.75, 3.05) is 6.61 Å². The highest BCUT2D eigenvalue weighted by atomic mass is 16.5. The van der Waals surface area contributed by atoms with Crippen molar-refractivity contribution >= 4 is 5.78 Å². The molecule has 1 unspecified atom stereocenters. The normalized spacial score (nSPS) is 21.0. The second-order valence-corrected chi connectivity index (χ2v) is 4.62. The van der Waals surface area contributed by atoms with Gasteiger partial charge in [-0.1, -0.05) is 25.0 Å². The fourth-order valence-electron chi connectivity index (χ4n) is 2.48. The Morgan fingerprint density at radius 1 is 1.18 bits per heavy atom. The van der Waals surface area contributed by atoms with E-state index in [1.807, 2.05) is 31.2 Å². The topological polar surface area (TPSA) is 26.3 Å². The number of benzene rings is 1. The van der Waals surface area contributed by atoms with Gasteiger partial charge in [0.1, 0.15) is 11.5 Å². The number of carbonyl (C=O) groups excluding carboxylic acids is 1. The molecule has 0 aromatic heterocycles. The molecule has 0 bridgehead atoms. The summed E-state index contributed by atoms with van der Waals surface area (Å²) in [6, 6.07) is 8.02. The molecule has 1 aromatic rings. The first-order chi connectivity index (χ1) is 8.31. The Morgan fingerprint density at radius 2 is 1.94 bits per heavy atom. The lowest BCUT2D eigenvalue weighted by Crippen LogP contribution is -2.10. The molecule has 0 N–H and O–H groups in total. The molecular weight excluding hydrogens is 212 g/mol. The molecule has 1 fully saturated rings. The fraction of sp³-hybridized carbons (Fsp3) is 0.533. The maximum Gasteiger partial charge on any atom is 0.140 e. The molecule has 0 aliphatic heterocycles. The van der Waals surface area contributed by atoms with Gasteiger partial charge in [0.25, 0.3) is 0 Å². The van der Waals surface area contributed by atoms with Crippen LogP contribution in [-0.2, 0) is 4.79 Å². The summed E-state index contributed by atoms with van der Waals surface area (Å²) in [6.07, 6.45) is 5.18. The van der Waals surface area contributed by atoms with Crippen LogP contribution in [0.3, 0.4) is 0 Å². The van der Waals surface area contributed by atoms with Gasteiger partial charge in [0.15, 0.2) is 0 Å². The van der Waals surface area contributed by atoms with Crippen LogP contribution in [0.1, 0.15) is 50.5 Å². The van der Waals surface area contributed by atoms with Gasteiger partial charge in [-0.05, 0) is 37.5 Å². The molecule has 0 heterocycles. The van der Waals surface area contributed by atoms with E-state index in [1.54, 1.807) is 0 Å². The number of carbonyl (C=O) groups is 1. The van der Waals surface area contributed by atoms with Crippen molar-refractivity contribution in [2.45, 2.75) is 44.9 Å². The molecule has 1 aromatic carbocycles. The van der Waals surface area contributed by atoms with Crippen LogP contribution < -0.4 is 4.74 Å². The van der Waals surface area contributed by atoms with Crippen LogP contribution >= 0.6 is 0 Å². The molecule has 17 heavy (non-hydrogen) atoms. The molecule has 1 aliphatic rings. The third kappa shape index (κ3) is 3.09. The van der Waals surface area contributed by atoms with Gasteiger partial charge in [0.05, 0.1) is 6.61 Å². The van der Waals surface area contributed by atoms with Gasteiger partial charge in [0, 0.05) is 12.3 Å². The van der Waals surface area contributed by atoms with Crippen molar-refractivity contribution in [3.8, 4) is 5.75 Å². The number of hydrogen-bond acceptors (Lipinski definition) is 2. The summed E-state index contributed by atoms with van der Waals surface area (Å²) in [7, 11) is 0. The van der Waals surface area contributed by atoms with E-state index in [9.17, 15) is 4.79 Å². The first kappa shape index (κ1) is 12.2. The van der Waals surface area contributed by atoms with E-state index in [0.717, 1.165) is 30.6 Å². The molecule has 92 valence electrons. The van der Waals surface area contributed by atoms with E-state index in [0.29, 0.717) is 12.4 Å². The molecule has 0 saturated heterocycles. The number of rotatable bonds is 3. The zero-order valence-corrected chi connectivity index (χ0v) is 10.4. The van der Waals surface area contributed by atoms with Crippen molar-refractivity contribution in [3.05, 3.63) is 29.8 Å². The Balaban J connectivity index is 2.12. The van der Waals surface area contributed by atoms with Gasteiger partial charge in [-0.25, -0.2) is 0 Å².